The molecule has 2 unspecified atom stereocenters. The fourth-order valence-corrected chi connectivity index (χ4v) is 6.58. The van der Waals surface area contributed by atoms with Crippen molar-refractivity contribution < 1.29 is 13.2 Å². The van der Waals surface area contributed by atoms with E-state index in [0.717, 1.165) is 30.5 Å². The normalized spacial score (nSPS) is 16.0. The van der Waals surface area contributed by atoms with Gasteiger partial charge < -0.3 is 5.32 Å². The zero-order valence-corrected chi connectivity index (χ0v) is 24.2. The second kappa shape index (κ2) is 11.8. The van der Waals surface area contributed by atoms with Crippen LogP contribution in [0.3, 0.4) is 0 Å². The van der Waals surface area contributed by atoms with Crippen LogP contribution in [0.2, 0.25) is 0 Å². The molecule has 2 heterocycles. The molecular formula is C29H33N5O3S2. The van der Waals surface area contributed by atoms with Gasteiger partial charge in [0, 0.05) is 17.6 Å². The van der Waals surface area contributed by atoms with E-state index in [1.807, 2.05) is 13.0 Å². The summed E-state index contributed by atoms with van der Waals surface area (Å²) in [6.07, 6.45) is 4.86. The molecule has 2 aromatic heterocycles. The molecule has 1 amide bonds. The van der Waals surface area contributed by atoms with Gasteiger partial charge in [-0.2, -0.15) is 5.26 Å². The maximum absolute atomic E-state index is 13.1. The van der Waals surface area contributed by atoms with Gasteiger partial charge in [0.1, 0.15) is 16.9 Å². The minimum absolute atomic E-state index is 0.0539. The number of aromatic nitrogens is 2. The van der Waals surface area contributed by atoms with Crippen molar-refractivity contribution in [1.82, 2.24) is 9.97 Å². The van der Waals surface area contributed by atoms with Crippen molar-refractivity contribution in [1.29, 1.82) is 5.26 Å². The summed E-state index contributed by atoms with van der Waals surface area (Å²) in [5, 5.41) is 12.8. The van der Waals surface area contributed by atoms with Gasteiger partial charge in [-0.25, -0.2) is 18.4 Å². The molecule has 0 spiro atoms. The van der Waals surface area contributed by atoms with E-state index < -0.39 is 15.3 Å². The predicted octanol–water partition coefficient (Wildman–Crippen LogP) is 5.81. The van der Waals surface area contributed by atoms with Crippen LogP contribution >= 0.6 is 11.8 Å². The number of hydrogen-bond acceptors (Lipinski definition) is 7. The van der Waals surface area contributed by atoms with Crippen LogP contribution in [-0.2, 0) is 27.7 Å². The molecule has 2 N–H and O–H groups in total. The third-order valence-corrected chi connectivity index (χ3v) is 9.69. The van der Waals surface area contributed by atoms with Crippen LogP contribution in [0.15, 0.2) is 64.6 Å². The first-order valence-corrected chi connectivity index (χ1v) is 15.3. The summed E-state index contributed by atoms with van der Waals surface area (Å²) in [4.78, 5) is 22.0. The van der Waals surface area contributed by atoms with E-state index in [4.69, 9.17) is 4.98 Å². The molecule has 0 fully saturated rings. The van der Waals surface area contributed by atoms with Gasteiger partial charge in [0.05, 0.1) is 15.7 Å². The standard InChI is InChI=1S/C29H33N5O3S2/c1-5-25(38-28-20(18-30)16-19-17-21(29(2,3)4)9-14-24(19)33-28)27(35)32-22-10-12-23(13-11-22)39(36,37)34-26-8-6-7-15-31-26/h6-8,10-13,15-16,21,25H,5,9,14,17H2,1-4H3,(H,31,34)(H,32,35). The molecule has 0 bridgehead atoms. The molecule has 0 aliphatic heterocycles. The molecule has 3 aromatic rings. The van der Waals surface area contributed by atoms with Crippen LogP contribution in [0.25, 0.3) is 0 Å². The summed E-state index contributed by atoms with van der Waals surface area (Å²) >= 11 is 1.30. The number of nitriles is 1. The van der Waals surface area contributed by atoms with Gasteiger partial charge >= 0.3 is 0 Å². The monoisotopic (exact) mass is 563 g/mol. The second-order valence-corrected chi connectivity index (χ2v) is 13.6. The fourth-order valence-electron chi connectivity index (χ4n) is 4.57. The Bertz CT molecular complexity index is 1480. The summed E-state index contributed by atoms with van der Waals surface area (Å²) in [6.45, 7) is 8.67. The number of pyridine rings is 2. The van der Waals surface area contributed by atoms with Gasteiger partial charge in [-0.1, -0.05) is 45.5 Å². The van der Waals surface area contributed by atoms with Crippen molar-refractivity contribution >= 4 is 39.2 Å². The number of benzene rings is 1. The highest BCUT2D eigenvalue weighted by atomic mass is 32.2. The van der Waals surface area contributed by atoms with E-state index in [-0.39, 0.29) is 22.0 Å². The Balaban J connectivity index is 1.45. The number of thioether (sulfide) groups is 1. The molecule has 1 aliphatic carbocycles. The van der Waals surface area contributed by atoms with Gasteiger partial charge in [0.2, 0.25) is 5.91 Å². The molecule has 1 aromatic carbocycles. The number of aryl methyl sites for hydroxylation is 1. The van der Waals surface area contributed by atoms with E-state index in [1.165, 1.54) is 30.1 Å². The Kier molecular flexibility index (Phi) is 8.62. The van der Waals surface area contributed by atoms with E-state index >= 15 is 0 Å². The van der Waals surface area contributed by atoms with Crippen molar-refractivity contribution in [2.24, 2.45) is 11.3 Å². The number of fused-ring (bicyclic) bond motifs is 1. The molecule has 8 nitrogen and oxygen atoms in total. The van der Waals surface area contributed by atoms with E-state index in [9.17, 15) is 18.5 Å². The SMILES string of the molecule is CCC(Sc1nc2c(cc1C#N)CC(C(C)(C)C)CC2)C(=O)Nc1ccc(S(=O)(=O)Nc2ccccn2)cc1. The van der Waals surface area contributed by atoms with E-state index in [2.05, 4.69) is 41.9 Å². The highest BCUT2D eigenvalue weighted by Crippen LogP contribution is 2.38. The number of nitrogens with one attached hydrogen (secondary N) is 2. The second-order valence-electron chi connectivity index (χ2n) is 10.7. The summed E-state index contributed by atoms with van der Waals surface area (Å²) in [7, 11) is -3.82. The molecule has 1 aliphatic rings. The Morgan fingerprint density at radius 3 is 2.56 bits per heavy atom. The highest BCUT2D eigenvalue weighted by molar-refractivity contribution is 8.00. The zero-order valence-electron chi connectivity index (χ0n) is 22.6. The summed E-state index contributed by atoms with van der Waals surface area (Å²) in [5.74, 6) is 0.526. The Morgan fingerprint density at radius 1 is 1.21 bits per heavy atom. The molecule has 0 radical (unpaired) electrons. The van der Waals surface area contributed by atoms with Crippen molar-refractivity contribution in [2.75, 3.05) is 10.0 Å². The third kappa shape index (κ3) is 6.97. The molecule has 2 atom stereocenters. The number of amides is 1. The summed E-state index contributed by atoms with van der Waals surface area (Å²) in [5.41, 5.74) is 3.31. The Hall–Kier alpha value is -3.42. The van der Waals surface area contributed by atoms with Crippen molar-refractivity contribution in [2.45, 2.75) is 68.5 Å². The maximum atomic E-state index is 13.1. The molecule has 0 saturated heterocycles. The number of rotatable bonds is 8. The number of anilines is 2. The number of hydrogen-bond donors (Lipinski definition) is 2. The topological polar surface area (TPSA) is 125 Å². The van der Waals surface area contributed by atoms with Crippen molar-refractivity contribution in [3.8, 4) is 6.07 Å². The van der Waals surface area contributed by atoms with Crippen LogP contribution in [0.4, 0.5) is 11.5 Å². The van der Waals surface area contributed by atoms with Crippen molar-refractivity contribution in [3.63, 3.8) is 0 Å². The van der Waals surface area contributed by atoms with Crippen LogP contribution in [0.5, 0.6) is 0 Å². The molecule has 0 saturated carbocycles. The van der Waals surface area contributed by atoms with E-state index in [1.54, 1.807) is 30.3 Å². The lowest BCUT2D eigenvalue weighted by Gasteiger charge is -2.34. The first-order valence-electron chi connectivity index (χ1n) is 12.9. The maximum Gasteiger partial charge on any atom is 0.263 e. The van der Waals surface area contributed by atoms with Crippen LogP contribution in [0, 0.1) is 22.7 Å². The van der Waals surface area contributed by atoms with E-state index in [0.29, 0.717) is 28.6 Å². The Morgan fingerprint density at radius 2 is 1.95 bits per heavy atom. The number of carbonyl (C=O) groups excluding carboxylic acids is 1. The molecule has 4 rings (SSSR count). The lowest BCUT2D eigenvalue weighted by Crippen LogP contribution is -2.28. The quantitative estimate of drug-likeness (QED) is 0.331. The van der Waals surface area contributed by atoms with Gasteiger partial charge in [-0.15, -0.1) is 0 Å². The minimum atomic E-state index is -3.82. The number of sulfonamides is 1. The van der Waals surface area contributed by atoms with Gasteiger partial charge in [0.25, 0.3) is 10.0 Å². The number of nitrogens with zero attached hydrogens (tertiary/aromatic N) is 3. The first-order chi connectivity index (χ1) is 18.5. The molecule has 39 heavy (non-hydrogen) atoms. The average molecular weight is 564 g/mol. The fraction of sp³-hybridized carbons (Fsp3) is 0.379. The predicted molar refractivity (Wildman–Crippen MR) is 154 cm³/mol. The summed E-state index contributed by atoms with van der Waals surface area (Å²) < 4.78 is 27.7. The highest BCUT2D eigenvalue weighted by Gasteiger charge is 2.30. The summed E-state index contributed by atoms with van der Waals surface area (Å²) in [6, 6.07) is 15.1. The van der Waals surface area contributed by atoms with Crippen LogP contribution < -0.4 is 10.0 Å². The van der Waals surface area contributed by atoms with Gasteiger partial charge in [-0.05, 0) is 85.0 Å². The lowest BCUT2D eigenvalue weighted by molar-refractivity contribution is -0.115. The van der Waals surface area contributed by atoms with Gasteiger partial charge in [0.15, 0.2) is 0 Å². The zero-order chi connectivity index (χ0) is 28.2. The molecule has 204 valence electrons. The number of carbonyl (C=O) groups is 1. The average Bonchev–Trinajstić information content (AvgIpc) is 2.91. The molecular weight excluding hydrogens is 530 g/mol. The first kappa shape index (κ1) is 28.6. The molecule has 10 heteroatoms. The smallest absolute Gasteiger partial charge is 0.263 e. The largest absolute Gasteiger partial charge is 0.325 e. The lowest BCUT2D eigenvalue weighted by atomic mass is 9.71. The van der Waals surface area contributed by atoms with Crippen molar-refractivity contribution in [3.05, 3.63) is 71.5 Å². The Labute approximate surface area is 234 Å². The van der Waals surface area contributed by atoms with Crippen LogP contribution in [-0.4, -0.2) is 29.5 Å². The third-order valence-electron chi connectivity index (χ3n) is 6.95. The van der Waals surface area contributed by atoms with Crippen LogP contribution in [0.1, 0.15) is 57.4 Å². The van der Waals surface area contributed by atoms with Gasteiger partial charge in [-0.3, -0.25) is 9.52 Å². The minimum Gasteiger partial charge on any atom is -0.325 e.